The third-order valence-electron chi connectivity index (χ3n) is 2.01. The lowest BCUT2D eigenvalue weighted by Gasteiger charge is -2.01. The predicted octanol–water partition coefficient (Wildman–Crippen LogP) is 2.03. The van der Waals surface area contributed by atoms with Crippen LogP contribution in [0.2, 0.25) is 0 Å². The highest BCUT2D eigenvalue weighted by molar-refractivity contribution is 7.71. The van der Waals surface area contributed by atoms with Gasteiger partial charge in [0.15, 0.2) is 4.77 Å². The Morgan fingerprint density at radius 3 is 2.79 bits per heavy atom. The molecule has 0 aliphatic carbocycles. The summed E-state index contributed by atoms with van der Waals surface area (Å²) in [6.45, 7) is 1.72. The lowest BCUT2D eigenvalue weighted by atomic mass is 10.1. The first-order chi connectivity index (χ1) is 6.58. The Labute approximate surface area is 83.6 Å². The largest absolute Gasteiger partial charge is 0.331 e. The molecule has 0 fully saturated rings. The number of benzene rings is 1. The van der Waals surface area contributed by atoms with E-state index >= 15 is 0 Å². The molecule has 3 nitrogen and oxygen atoms in total. The van der Waals surface area contributed by atoms with Crippen molar-refractivity contribution in [1.82, 2.24) is 9.97 Å². The molecule has 0 bridgehead atoms. The van der Waals surface area contributed by atoms with Crippen molar-refractivity contribution in [1.29, 1.82) is 0 Å². The molecular formula is C9H7FN2OS. The Balaban J connectivity index is 3.10. The van der Waals surface area contributed by atoms with Crippen molar-refractivity contribution in [2.75, 3.05) is 0 Å². The number of aromatic nitrogens is 2. The van der Waals surface area contributed by atoms with Gasteiger partial charge in [0, 0.05) is 0 Å². The molecule has 1 heterocycles. The fraction of sp³-hybridized carbons (Fsp3) is 0.111. The van der Waals surface area contributed by atoms with Gasteiger partial charge in [-0.2, -0.15) is 0 Å². The van der Waals surface area contributed by atoms with Crippen LogP contribution in [0.4, 0.5) is 4.39 Å². The average Bonchev–Trinajstić information content (AvgIpc) is 2.07. The van der Waals surface area contributed by atoms with Crippen molar-refractivity contribution >= 4 is 23.1 Å². The quantitative estimate of drug-likeness (QED) is 0.654. The lowest BCUT2D eigenvalue weighted by Crippen LogP contribution is -2.08. The van der Waals surface area contributed by atoms with E-state index in [0.717, 1.165) is 0 Å². The molecule has 0 aliphatic rings. The summed E-state index contributed by atoms with van der Waals surface area (Å²) < 4.78 is 13.2. The van der Waals surface area contributed by atoms with E-state index in [1.54, 1.807) is 6.92 Å². The minimum Gasteiger partial charge on any atom is -0.331 e. The maximum atomic E-state index is 13.0. The zero-order valence-electron chi connectivity index (χ0n) is 7.35. The fourth-order valence-corrected chi connectivity index (χ4v) is 1.60. The monoisotopic (exact) mass is 210 g/mol. The molecule has 5 heteroatoms. The molecule has 72 valence electrons. The second-order valence-corrected chi connectivity index (χ2v) is 3.46. The van der Waals surface area contributed by atoms with Crippen LogP contribution < -0.4 is 5.56 Å². The summed E-state index contributed by atoms with van der Waals surface area (Å²) in [5.74, 6) is -0.425. The van der Waals surface area contributed by atoms with Crippen LogP contribution in [-0.2, 0) is 0 Å². The highest BCUT2D eigenvalue weighted by Gasteiger charge is 2.04. The third-order valence-corrected chi connectivity index (χ3v) is 2.21. The van der Waals surface area contributed by atoms with E-state index in [1.807, 2.05) is 0 Å². The molecule has 0 aliphatic heterocycles. The van der Waals surface area contributed by atoms with Crippen molar-refractivity contribution in [2.24, 2.45) is 0 Å². The van der Waals surface area contributed by atoms with Crippen LogP contribution >= 0.6 is 12.2 Å². The Bertz CT molecular complexity index is 614. The van der Waals surface area contributed by atoms with Gasteiger partial charge < -0.3 is 4.98 Å². The zero-order chi connectivity index (χ0) is 10.3. The average molecular weight is 210 g/mol. The number of halogens is 1. The number of nitrogens with one attached hydrogen (secondary N) is 2. The second-order valence-electron chi connectivity index (χ2n) is 3.05. The molecule has 0 atom stereocenters. The van der Waals surface area contributed by atoms with Crippen LogP contribution in [0.3, 0.4) is 0 Å². The highest BCUT2D eigenvalue weighted by atomic mass is 32.1. The van der Waals surface area contributed by atoms with Crippen molar-refractivity contribution in [2.45, 2.75) is 6.92 Å². The molecule has 0 saturated heterocycles. The van der Waals surface area contributed by atoms with Gasteiger partial charge in [0.1, 0.15) is 5.82 Å². The van der Waals surface area contributed by atoms with Crippen LogP contribution in [0.5, 0.6) is 0 Å². The molecule has 2 aromatic rings. The van der Waals surface area contributed by atoms with Crippen LogP contribution in [0.1, 0.15) is 5.56 Å². The third kappa shape index (κ3) is 1.35. The first-order valence-electron chi connectivity index (χ1n) is 4.00. The minimum absolute atomic E-state index is 0.247. The number of H-pyrrole nitrogens is 2. The minimum atomic E-state index is -0.425. The Morgan fingerprint density at radius 2 is 2.07 bits per heavy atom. The van der Waals surface area contributed by atoms with Crippen LogP contribution in [-0.4, -0.2) is 9.97 Å². The number of fused-ring (bicyclic) bond motifs is 1. The Hall–Kier alpha value is -1.49. The molecular weight excluding hydrogens is 203 g/mol. The normalized spacial score (nSPS) is 10.7. The molecule has 1 aromatic carbocycles. The summed E-state index contributed by atoms with van der Waals surface area (Å²) in [4.78, 5) is 16.6. The van der Waals surface area contributed by atoms with Crippen molar-refractivity contribution in [3.8, 4) is 0 Å². The van der Waals surface area contributed by atoms with Crippen molar-refractivity contribution in [3.05, 3.63) is 38.6 Å². The molecule has 0 spiro atoms. The van der Waals surface area contributed by atoms with Gasteiger partial charge in [0.2, 0.25) is 0 Å². The van der Waals surface area contributed by atoms with Gasteiger partial charge in [-0.3, -0.25) is 9.78 Å². The lowest BCUT2D eigenvalue weighted by molar-refractivity contribution is 0.628. The van der Waals surface area contributed by atoms with Gasteiger partial charge in [-0.15, -0.1) is 0 Å². The summed E-state index contributed by atoms with van der Waals surface area (Å²) in [6, 6.07) is 2.54. The van der Waals surface area contributed by atoms with E-state index in [0.29, 0.717) is 11.1 Å². The summed E-state index contributed by atoms with van der Waals surface area (Å²) in [5.41, 5.74) is 0.878. The number of aromatic amines is 2. The second kappa shape index (κ2) is 3.02. The topological polar surface area (TPSA) is 48.6 Å². The van der Waals surface area contributed by atoms with Crippen molar-refractivity contribution < 1.29 is 4.39 Å². The Morgan fingerprint density at radius 1 is 1.36 bits per heavy atom. The van der Waals surface area contributed by atoms with Gasteiger partial charge in [-0.25, -0.2) is 4.39 Å². The molecule has 2 rings (SSSR count). The smallest absolute Gasteiger partial charge is 0.259 e. The van der Waals surface area contributed by atoms with Gasteiger partial charge >= 0.3 is 0 Å². The van der Waals surface area contributed by atoms with Gasteiger partial charge in [-0.1, -0.05) is 0 Å². The van der Waals surface area contributed by atoms with E-state index in [2.05, 4.69) is 9.97 Å². The maximum absolute atomic E-state index is 13.0. The molecule has 0 radical (unpaired) electrons. The first-order valence-corrected chi connectivity index (χ1v) is 4.41. The van der Waals surface area contributed by atoms with Crippen molar-refractivity contribution in [3.63, 3.8) is 0 Å². The van der Waals surface area contributed by atoms with E-state index < -0.39 is 5.82 Å². The van der Waals surface area contributed by atoms with Crippen LogP contribution in [0, 0.1) is 17.5 Å². The zero-order valence-corrected chi connectivity index (χ0v) is 8.17. The fourth-order valence-electron chi connectivity index (χ4n) is 1.40. The van der Waals surface area contributed by atoms with Gasteiger partial charge in [-0.05, 0) is 36.8 Å². The van der Waals surface area contributed by atoms with Gasteiger partial charge in [0.25, 0.3) is 5.56 Å². The molecule has 1 aromatic heterocycles. The SMILES string of the molecule is Cc1cc(F)cc2c(=O)[nH]c(=S)[nH]c12. The number of hydrogen-bond acceptors (Lipinski definition) is 2. The summed E-state index contributed by atoms with van der Waals surface area (Å²) >= 11 is 4.81. The summed E-state index contributed by atoms with van der Waals surface area (Å²) in [7, 11) is 0. The molecule has 2 N–H and O–H groups in total. The maximum Gasteiger partial charge on any atom is 0.259 e. The van der Waals surface area contributed by atoms with E-state index in [1.165, 1.54) is 12.1 Å². The molecule has 14 heavy (non-hydrogen) atoms. The van der Waals surface area contributed by atoms with Crippen LogP contribution in [0.15, 0.2) is 16.9 Å². The number of rotatable bonds is 0. The van der Waals surface area contributed by atoms with Crippen LogP contribution in [0.25, 0.3) is 10.9 Å². The van der Waals surface area contributed by atoms with E-state index in [9.17, 15) is 9.18 Å². The van der Waals surface area contributed by atoms with Gasteiger partial charge in [0.05, 0.1) is 10.9 Å². The predicted molar refractivity (Wildman–Crippen MR) is 54.4 cm³/mol. The summed E-state index contributed by atoms with van der Waals surface area (Å²) in [5, 5.41) is 0.288. The Kier molecular flexibility index (Phi) is 1.96. The summed E-state index contributed by atoms with van der Waals surface area (Å²) in [6.07, 6.45) is 0. The standard InChI is InChI=1S/C9H7FN2OS/c1-4-2-5(10)3-6-7(4)11-9(14)12-8(6)13/h2-3H,1H3,(H2,11,12,13,14). The highest BCUT2D eigenvalue weighted by Crippen LogP contribution is 2.13. The molecule has 0 saturated carbocycles. The first kappa shape index (κ1) is 9.08. The number of hydrogen-bond donors (Lipinski definition) is 2. The number of aryl methyl sites for hydroxylation is 1. The van der Waals surface area contributed by atoms with E-state index in [-0.39, 0.29) is 15.7 Å². The van der Waals surface area contributed by atoms with E-state index in [4.69, 9.17) is 12.2 Å². The molecule has 0 amide bonds. The molecule has 0 unspecified atom stereocenters.